The minimum absolute atomic E-state index is 0.130. The summed E-state index contributed by atoms with van der Waals surface area (Å²) in [7, 11) is 0. The van der Waals surface area contributed by atoms with Gasteiger partial charge in [0.05, 0.1) is 17.2 Å². The number of alkyl halides is 3. The zero-order chi connectivity index (χ0) is 26.5. The van der Waals surface area contributed by atoms with Crippen LogP contribution in [-0.2, 0) is 17.4 Å². The average Bonchev–Trinajstić information content (AvgIpc) is 2.83. The van der Waals surface area contributed by atoms with Crippen molar-refractivity contribution in [2.45, 2.75) is 44.4 Å². The number of halogens is 3. The maximum Gasteiger partial charge on any atom is 0.417 e. The second-order valence-electron chi connectivity index (χ2n) is 8.98. The monoisotopic (exact) mass is 497 g/mol. The molecule has 0 aliphatic heterocycles. The van der Waals surface area contributed by atoms with Crippen LogP contribution in [-0.4, -0.2) is 21.6 Å². The van der Waals surface area contributed by atoms with Gasteiger partial charge in [-0.2, -0.15) is 18.4 Å². The molecule has 0 bridgehead atoms. The molecule has 1 aromatic heterocycles. The van der Waals surface area contributed by atoms with E-state index in [1.54, 1.807) is 42.5 Å². The van der Waals surface area contributed by atoms with Crippen molar-refractivity contribution in [2.75, 3.05) is 0 Å². The van der Waals surface area contributed by atoms with E-state index in [4.69, 9.17) is 10.5 Å². The van der Waals surface area contributed by atoms with E-state index in [1.807, 2.05) is 13.0 Å². The fourth-order valence-corrected chi connectivity index (χ4v) is 4.16. The number of carbonyl (C=O) groups is 1. The van der Waals surface area contributed by atoms with E-state index >= 15 is 0 Å². The van der Waals surface area contributed by atoms with Gasteiger partial charge in [-0.1, -0.05) is 31.2 Å². The number of phenols is 1. The molecule has 0 saturated heterocycles. The molecule has 3 unspecified atom stereocenters. The van der Waals surface area contributed by atoms with Crippen molar-refractivity contribution in [3.05, 3.63) is 89.1 Å². The van der Waals surface area contributed by atoms with Crippen LogP contribution in [0, 0.1) is 17.2 Å². The molecule has 3 aromatic rings. The van der Waals surface area contributed by atoms with E-state index in [9.17, 15) is 28.3 Å². The summed E-state index contributed by atoms with van der Waals surface area (Å²) in [6.07, 6.45) is -3.25. The fraction of sp³-hybridized carbons (Fsp3) is 0.296. The first-order chi connectivity index (χ1) is 16.9. The van der Waals surface area contributed by atoms with Gasteiger partial charge in [-0.05, 0) is 73.1 Å². The van der Waals surface area contributed by atoms with E-state index < -0.39 is 23.2 Å². The van der Waals surface area contributed by atoms with Gasteiger partial charge in [-0.25, -0.2) is 4.98 Å². The number of amides is 1. The summed E-state index contributed by atoms with van der Waals surface area (Å²) in [6, 6.07) is 17.9. The number of hydrogen-bond acceptors (Lipinski definition) is 5. The number of nitrogens with zero attached hydrogens (tertiary/aromatic N) is 2. The van der Waals surface area contributed by atoms with Gasteiger partial charge in [0.25, 0.3) is 5.91 Å². The Kier molecular flexibility index (Phi) is 7.88. The van der Waals surface area contributed by atoms with Gasteiger partial charge in [0, 0.05) is 12.3 Å². The third kappa shape index (κ3) is 6.54. The number of rotatable bonds is 9. The largest absolute Gasteiger partial charge is 0.508 e. The van der Waals surface area contributed by atoms with E-state index in [-0.39, 0.29) is 29.9 Å². The molecule has 0 spiro atoms. The highest BCUT2D eigenvalue weighted by Gasteiger charge is 2.38. The summed E-state index contributed by atoms with van der Waals surface area (Å²) in [6.45, 7) is 3.39. The fourth-order valence-electron chi connectivity index (χ4n) is 4.16. The van der Waals surface area contributed by atoms with Crippen molar-refractivity contribution in [1.29, 1.82) is 5.26 Å². The van der Waals surface area contributed by atoms with Crippen LogP contribution >= 0.6 is 0 Å². The summed E-state index contributed by atoms with van der Waals surface area (Å²) >= 11 is 0. The van der Waals surface area contributed by atoms with Crippen LogP contribution in [0.25, 0.3) is 0 Å². The van der Waals surface area contributed by atoms with Gasteiger partial charge >= 0.3 is 6.18 Å². The SMILES string of the molecule is CC(CC(C)(Oc1ccc(C(F)(F)F)cn1)C(N)=O)C(Cc1ccc(O)cc1)c1cccc(C#N)c1. The normalized spacial score (nSPS) is 14.8. The quantitative estimate of drug-likeness (QED) is 0.414. The van der Waals surface area contributed by atoms with Gasteiger partial charge in [0.2, 0.25) is 5.88 Å². The van der Waals surface area contributed by atoms with E-state index in [0.29, 0.717) is 18.2 Å². The zero-order valence-electron chi connectivity index (χ0n) is 19.8. The third-order valence-corrected chi connectivity index (χ3v) is 6.15. The van der Waals surface area contributed by atoms with Crippen LogP contribution in [0.5, 0.6) is 11.6 Å². The Bertz CT molecular complexity index is 1240. The number of pyridine rings is 1. The first-order valence-electron chi connectivity index (χ1n) is 11.2. The predicted octanol–water partition coefficient (Wildman–Crippen LogP) is 5.35. The molecule has 2 aromatic carbocycles. The minimum atomic E-state index is -4.55. The molecular formula is C27H26F3N3O3. The van der Waals surface area contributed by atoms with Crippen LogP contribution in [0.2, 0.25) is 0 Å². The molecule has 188 valence electrons. The highest BCUT2D eigenvalue weighted by atomic mass is 19.4. The number of carbonyl (C=O) groups excluding carboxylic acids is 1. The summed E-state index contributed by atoms with van der Waals surface area (Å²) in [5.41, 5.74) is 5.46. The molecule has 6 nitrogen and oxygen atoms in total. The summed E-state index contributed by atoms with van der Waals surface area (Å²) in [4.78, 5) is 16.2. The van der Waals surface area contributed by atoms with Gasteiger partial charge < -0.3 is 15.6 Å². The molecule has 1 amide bonds. The summed E-state index contributed by atoms with van der Waals surface area (Å²) < 4.78 is 44.4. The Morgan fingerprint density at radius 1 is 1.17 bits per heavy atom. The number of primary amides is 1. The Balaban J connectivity index is 1.90. The standard InChI is InChI=1S/C27H26F3N3O3/c1-17(14-26(2,25(32)35)36-24-11-8-21(16-33-24)27(28,29)30)23(13-18-6-9-22(34)10-7-18)20-5-3-4-19(12-20)15-31/h3-12,16-17,23,34H,13-14H2,1-2H3,(H2,32,35). The molecule has 3 N–H and O–H groups in total. The molecule has 0 radical (unpaired) electrons. The lowest BCUT2D eigenvalue weighted by Crippen LogP contribution is -2.48. The van der Waals surface area contributed by atoms with Crippen LogP contribution in [0.3, 0.4) is 0 Å². The van der Waals surface area contributed by atoms with E-state index in [1.165, 1.54) is 6.92 Å². The van der Waals surface area contributed by atoms with Crippen LogP contribution in [0.15, 0.2) is 66.9 Å². The second kappa shape index (κ2) is 10.7. The molecule has 0 aliphatic rings. The predicted molar refractivity (Wildman–Crippen MR) is 127 cm³/mol. The van der Waals surface area contributed by atoms with Crippen LogP contribution < -0.4 is 10.5 Å². The van der Waals surface area contributed by atoms with Gasteiger partial charge in [0.1, 0.15) is 5.75 Å². The molecule has 0 saturated carbocycles. The summed E-state index contributed by atoms with van der Waals surface area (Å²) in [5, 5.41) is 19.0. The smallest absolute Gasteiger partial charge is 0.417 e. The number of nitrogens with two attached hydrogens (primary N) is 1. The van der Waals surface area contributed by atoms with Crippen molar-refractivity contribution >= 4 is 5.91 Å². The number of benzene rings is 2. The van der Waals surface area contributed by atoms with Gasteiger partial charge in [-0.15, -0.1) is 0 Å². The number of hydrogen-bond donors (Lipinski definition) is 2. The molecule has 0 aliphatic carbocycles. The van der Waals surface area contributed by atoms with Crippen LogP contribution in [0.4, 0.5) is 13.2 Å². The molecule has 1 heterocycles. The Labute approximate surface area is 207 Å². The third-order valence-electron chi connectivity index (χ3n) is 6.15. The number of aromatic nitrogens is 1. The van der Waals surface area contributed by atoms with E-state index in [0.717, 1.165) is 23.3 Å². The Hall–Kier alpha value is -4.06. The first-order valence-corrected chi connectivity index (χ1v) is 11.2. The first kappa shape index (κ1) is 26.5. The maximum atomic E-state index is 12.9. The van der Waals surface area contributed by atoms with E-state index in [2.05, 4.69) is 11.1 Å². The van der Waals surface area contributed by atoms with Gasteiger partial charge in [-0.3, -0.25) is 4.79 Å². The topological polar surface area (TPSA) is 109 Å². The maximum absolute atomic E-state index is 12.9. The Morgan fingerprint density at radius 2 is 1.86 bits per heavy atom. The molecule has 3 atom stereocenters. The van der Waals surface area contributed by atoms with Crippen molar-refractivity contribution in [2.24, 2.45) is 11.7 Å². The van der Waals surface area contributed by atoms with Gasteiger partial charge in [0.15, 0.2) is 5.60 Å². The number of nitriles is 1. The van der Waals surface area contributed by atoms with Crippen molar-refractivity contribution in [3.8, 4) is 17.7 Å². The number of ether oxygens (including phenoxy) is 1. The molecule has 36 heavy (non-hydrogen) atoms. The molecular weight excluding hydrogens is 471 g/mol. The highest BCUT2D eigenvalue weighted by Crippen LogP contribution is 2.36. The number of phenolic OH excluding ortho intramolecular Hbond substituents is 1. The lowest BCUT2D eigenvalue weighted by molar-refractivity contribution is -0.138. The lowest BCUT2D eigenvalue weighted by Gasteiger charge is -2.33. The lowest BCUT2D eigenvalue weighted by atomic mass is 9.77. The Morgan fingerprint density at radius 3 is 2.42 bits per heavy atom. The van der Waals surface area contributed by atoms with Crippen molar-refractivity contribution in [1.82, 2.24) is 4.98 Å². The van der Waals surface area contributed by atoms with Crippen LogP contribution in [0.1, 0.15) is 48.4 Å². The average molecular weight is 498 g/mol. The molecule has 9 heteroatoms. The molecule has 0 fully saturated rings. The number of aromatic hydroxyl groups is 1. The minimum Gasteiger partial charge on any atom is -0.508 e. The van der Waals surface area contributed by atoms with Crippen molar-refractivity contribution in [3.63, 3.8) is 0 Å². The highest BCUT2D eigenvalue weighted by molar-refractivity contribution is 5.83. The molecule has 3 rings (SSSR count). The van der Waals surface area contributed by atoms with Crippen molar-refractivity contribution < 1.29 is 27.8 Å². The zero-order valence-corrected chi connectivity index (χ0v) is 19.8. The second-order valence-corrected chi connectivity index (χ2v) is 8.98. The summed E-state index contributed by atoms with van der Waals surface area (Å²) in [5.74, 6) is -1.21.